The third-order valence-electron chi connectivity index (χ3n) is 3.45. The average Bonchev–Trinajstić information content (AvgIpc) is 2.47. The summed E-state index contributed by atoms with van der Waals surface area (Å²) in [5.74, 6) is 0.816. The molecule has 112 valence electrons. The molecule has 21 heavy (non-hydrogen) atoms. The molecule has 0 saturated heterocycles. The molecule has 2 aromatic rings. The fourth-order valence-corrected chi connectivity index (χ4v) is 2.64. The average molecular weight is 369 g/mol. The first-order chi connectivity index (χ1) is 10.0. The highest BCUT2D eigenvalue weighted by molar-refractivity contribution is 9.10. The standard InChI is InChI=1S/C17H19BrClNO/c1-3-15(20)17(12-4-6-13(18)7-5-12)21-16-9-8-14(19)10-11(16)2/h4-10,15,17H,3,20H2,1-2H3. The number of halogens is 2. The topological polar surface area (TPSA) is 35.2 Å². The van der Waals surface area contributed by atoms with Gasteiger partial charge < -0.3 is 10.5 Å². The van der Waals surface area contributed by atoms with Gasteiger partial charge in [0.25, 0.3) is 0 Å². The molecule has 4 heteroatoms. The molecule has 0 bridgehead atoms. The zero-order chi connectivity index (χ0) is 15.4. The number of aryl methyl sites for hydroxylation is 1. The van der Waals surface area contributed by atoms with Gasteiger partial charge in [-0.05, 0) is 54.8 Å². The van der Waals surface area contributed by atoms with Crippen molar-refractivity contribution in [3.05, 3.63) is 63.1 Å². The Morgan fingerprint density at radius 1 is 1.19 bits per heavy atom. The van der Waals surface area contributed by atoms with E-state index in [-0.39, 0.29) is 12.1 Å². The molecule has 2 N–H and O–H groups in total. The van der Waals surface area contributed by atoms with Crippen molar-refractivity contribution in [1.82, 2.24) is 0 Å². The van der Waals surface area contributed by atoms with E-state index < -0.39 is 0 Å². The lowest BCUT2D eigenvalue weighted by Gasteiger charge is -2.25. The molecule has 0 aliphatic heterocycles. The number of hydrogen-bond donors (Lipinski definition) is 1. The van der Waals surface area contributed by atoms with E-state index >= 15 is 0 Å². The van der Waals surface area contributed by atoms with Crippen molar-refractivity contribution in [2.45, 2.75) is 32.4 Å². The van der Waals surface area contributed by atoms with Crippen molar-refractivity contribution in [3.8, 4) is 5.75 Å². The van der Waals surface area contributed by atoms with Crippen LogP contribution in [-0.4, -0.2) is 6.04 Å². The third-order valence-corrected chi connectivity index (χ3v) is 4.21. The van der Waals surface area contributed by atoms with E-state index in [0.29, 0.717) is 5.02 Å². The Labute approximate surface area is 139 Å². The van der Waals surface area contributed by atoms with Crippen LogP contribution in [0.5, 0.6) is 5.75 Å². The zero-order valence-electron chi connectivity index (χ0n) is 12.1. The molecule has 0 aromatic heterocycles. The van der Waals surface area contributed by atoms with Crippen molar-refractivity contribution in [1.29, 1.82) is 0 Å². The van der Waals surface area contributed by atoms with Crippen LogP contribution in [0.15, 0.2) is 46.9 Å². The molecule has 2 rings (SSSR count). The molecule has 0 aliphatic carbocycles. The molecule has 0 saturated carbocycles. The monoisotopic (exact) mass is 367 g/mol. The van der Waals surface area contributed by atoms with Gasteiger partial charge in [-0.25, -0.2) is 0 Å². The molecular weight excluding hydrogens is 350 g/mol. The second-order valence-corrected chi connectivity index (χ2v) is 6.42. The van der Waals surface area contributed by atoms with Gasteiger partial charge in [0.05, 0.1) is 0 Å². The summed E-state index contributed by atoms with van der Waals surface area (Å²) in [5.41, 5.74) is 8.33. The lowest BCUT2D eigenvalue weighted by atomic mass is 10.0. The van der Waals surface area contributed by atoms with E-state index in [1.807, 2.05) is 49.4 Å². The molecule has 0 aliphatic rings. The van der Waals surface area contributed by atoms with Gasteiger partial charge in [0.1, 0.15) is 11.9 Å². The van der Waals surface area contributed by atoms with Crippen molar-refractivity contribution in [2.24, 2.45) is 5.73 Å². The van der Waals surface area contributed by atoms with E-state index in [9.17, 15) is 0 Å². The first-order valence-electron chi connectivity index (χ1n) is 6.95. The zero-order valence-corrected chi connectivity index (χ0v) is 14.5. The summed E-state index contributed by atoms with van der Waals surface area (Å²) in [6.07, 6.45) is 0.663. The lowest BCUT2D eigenvalue weighted by Crippen LogP contribution is -2.31. The summed E-state index contributed by atoms with van der Waals surface area (Å²) in [5, 5.41) is 0.708. The summed E-state index contributed by atoms with van der Waals surface area (Å²) in [4.78, 5) is 0. The van der Waals surface area contributed by atoms with E-state index in [1.54, 1.807) is 0 Å². The number of rotatable bonds is 5. The van der Waals surface area contributed by atoms with Crippen LogP contribution in [0.2, 0.25) is 5.02 Å². The summed E-state index contributed by atoms with van der Waals surface area (Å²) < 4.78 is 7.22. The number of ether oxygens (including phenoxy) is 1. The fourth-order valence-electron chi connectivity index (χ4n) is 2.15. The van der Waals surface area contributed by atoms with Crippen LogP contribution in [0.3, 0.4) is 0 Å². The first-order valence-corrected chi connectivity index (χ1v) is 8.12. The van der Waals surface area contributed by atoms with Crippen LogP contribution in [0.4, 0.5) is 0 Å². The molecular formula is C17H19BrClNO. The predicted octanol–water partition coefficient (Wildman–Crippen LogP) is 5.27. The molecule has 0 radical (unpaired) electrons. The van der Waals surface area contributed by atoms with Gasteiger partial charge >= 0.3 is 0 Å². The number of benzene rings is 2. The maximum absolute atomic E-state index is 6.25. The second kappa shape index (κ2) is 7.30. The maximum Gasteiger partial charge on any atom is 0.139 e. The minimum atomic E-state index is -0.178. The molecule has 0 heterocycles. The smallest absolute Gasteiger partial charge is 0.139 e. The van der Waals surface area contributed by atoms with Gasteiger partial charge in [-0.3, -0.25) is 0 Å². The van der Waals surface area contributed by atoms with E-state index in [0.717, 1.165) is 27.8 Å². The summed E-state index contributed by atoms with van der Waals surface area (Å²) >= 11 is 9.44. The van der Waals surface area contributed by atoms with Crippen LogP contribution < -0.4 is 10.5 Å². The fraction of sp³-hybridized carbons (Fsp3) is 0.294. The van der Waals surface area contributed by atoms with E-state index in [4.69, 9.17) is 22.1 Å². The summed E-state index contributed by atoms with van der Waals surface area (Å²) in [6.45, 7) is 4.05. The SMILES string of the molecule is CCC(N)C(Oc1ccc(Cl)cc1C)c1ccc(Br)cc1. The Hall–Kier alpha value is -1.03. The first kappa shape index (κ1) is 16.3. The Bertz CT molecular complexity index is 600. The molecule has 2 aromatic carbocycles. The molecule has 2 nitrogen and oxygen atoms in total. The number of hydrogen-bond acceptors (Lipinski definition) is 2. The lowest BCUT2D eigenvalue weighted by molar-refractivity contribution is 0.170. The Morgan fingerprint density at radius 2 is 1.86 bits per heavy atom. The molecule has 0 fully saturated rings. The van der Waals surface area contributed by atoms with Crippen LogP contribution >= 0.6 is 27.5 Å². The third kappa shape index (κ3) is 4.22. The highest BCUT2D eigenvalue weighted by Gasteiger charge is 2.21. The minimum Gasteiger partial charge on any atom is -0.484 e. The Kier molecular flexibility index (Phi) is 5.68. The van der Waals surface area contributed by atoms with Gasteiger partial charge in [-0.1, -0.05) is 46.6 Å². The number of nitrogens with two attached hydrogens (primary N) is 1. The van der Waals surface area contributed by atoms with Crippen molar-refractivity contribution >= 4 is 27.5 Å². The normalized spacial score (nSPS) is 13.8. The van der Waals surface area contributed by atoms with Crippen LogP contribution in [-0.2, 0) is 0 Å². The van der Waals surface area contributed by atoms with E-state index in [1.165, 1.54) is 0 Å². The molecule has 2 atom stereocenters. The predicted molar refractivity (Wildman–Crippen MR) is 92.0 cm³/mol. The van der Waals surface area contributed by atoms with Gasteiger partial charge in [0.2, 0.25) is 0 Å². The highest BCUT2D eigenvalue weighted by atomic mass is 79.9. The second-order valence-electron chi connectivity index (χ2n) is 5.07. The van der Waals surface area contributed by atoms with Crippen molar-refractivity contribution in [2.75, 3.05) is 0 Å². The highest BCUT2D eigenvalue weighted by Crippen LogP contribution is 2.30. The van der Waals surface area contributed by atoms with Crippen LogP contribution in [0.1, 0.15) is 30.6 Å². The minimum absolute atomic E-state index is 0.0683. The quantitative estimate of drug-likeness (QED) is 0.780. The Balaban J connectivity index is 2.30. The van der Waals surface area contributed by atoms with Gasteiger partial charge in [-0.15, -0.1) is 0 Å². The van der Waals surface area contributed by atoms with E-state index in [2.05, 4.69) is 22.9 Å². The molecule has 0 spiro atoms. The van der Waals surface area contributed by atoms with Crippen LogP contribution in [0, 0.1) is 6.92 Å². The van der Waals surface area contributed by atoms with Crippen molar-refractivity contribution in [3.63, 3.8) is 0 Å². The van der Waals surface area contributed by atoms with Gasteiger partial charge in [0.15, 0.2) is 0 Å². The van der Waals surface area contributed by atoms with Crippen molar-refractivity contribution < 1.29 is 4.74 Å². The van der Waals surface area contributed by atoms with Gasteiger partial charge in [0, 0.05) is 15.5 Å². The largest absolute Gasteiger partial charge is 0.484 e. The van der Waals surface area contributed by atoms with Crippen LogP contribution in [0.25, 0.3) is 0 Å². The summed E-state index contributed by atoms with van der Waals surface area (Å²) in [6, 6.07) is 13.6. The Morgan fingerprint density at radius 3 is 2.43 bits per heavy atom. The molecule has 0 amide bonds. The maximum atomic E-state index is 6.25. The summed E-state index contributed by atoms with van der Waals surface area (Å²) in [7, 11) is 0. The van der Waals surface area contributed by atoms with Gasteiger partial charge in [-0.2, -0.15) is 0 Å². The molecule has 2 unspecified atom stereocenters.